The van der Waals surface area contributed by atoms with Crippen LogP contribution in [-0.2, 0) is 17.8 Å². The molecule has 3 saturated heterocycles. The second-order valence-electron chi connectivity index (χ2n) is 10.9. The van der Waals surface area contributed by atoms with Crippen LogP contribution >= 0.6 is 0 Å². The van der Waals surface area contributed by atoms with Crippen LogP contribution in [0.2, 0.25) is 0 Å². The summed E-state index contributed by atoms with van der Waals surface area (Å²) in [6.07, 6.45) is 3.13. The molecule has 0 radical (unpaired) electrons. The van der Waals surface area contributed by atoms with Gasteiger partial charge in [-0.05, 0) is 54.6 Å². The minimum Gasteiger partial charge on any atom is -0.454 e. The SMILES string of the molecule is N=C(N)c1ccc([C@H]2[C@H]3C(=O)N(Cc4ccc5c(c4)OCO5)[C@@H](Cc4ccccc4)[C@H]3[C@@H]3CCCN32)cc1. The van der Waals surface area contributed by atoms with Gasteiger partial charge in [0.2, 0.25) is 12.7 Å². The van der Waals surface area contributed by atoms with Crippen molar-refractivity contribution in [3.63, 3.8) is 0 Å². The molecule has 3 aromatic rings. The highest BCUT2D eigenvalue weighted by Gasteiger charge is 2.62. The number of carbonyl (C=O) groups is 1. The molecule has 194 valence electrons. The van der Waals surface area contributed by atoms with Gasteiger partial charge in [-0.1, -0.05) is 60.7 Å². The summed E-state index contributed by atoms with van der Waals surface area (Å²) in [6.45, 7) is 1.82. The van der Waals surface area contributed by atoms with Crippen LogP contribution in [-0.4, -0.2) is 47.0 Å². The van der Waals surface area contributed by atoms with Gasteiger partial charge in [0.1, 0.15) is 5.84 Å². The Hall–Kier alpha value is -3.84. The molecule has 0 spiro atoms. The van der Waals surface area contributed by atoms with Crippen molar-refractivity contribution in [2.75, 3.05) is 13.3 Å². The Labute approximate surface area is 222 Å². The number of benzene rings is 3. The van der Waals surface area contributed by atoms with Gasteiger partial charge in [0.05, 0.1) is 5.92 Å². The zero-order valence-corrected chi connectivity index (χ0v) is 21.3. The second kappa shape index (κ2) is 9.17. The number of hydrogen-bond donors (Lipinski definition) is 2. The molecule has 0 aromatic heterocycles. The van der Waals surface area contributed by atoms with Gasteiger partial charge in [-0.15, -0.1) is 0 Å². The quantitative estimate of drug-likeness (QED) is 0.386. The molecule has 0 saturated carbocycles. The van der Waals surface area contributed by atoms with E-state index < -0.39 is 0 Å². The zero-order chi connectivity index (χ0) is 25.8. The lowest BCUT2D eigenvalue weighted by Crippen LogP contribution is -2.42. The number of hydrogen-bond acceptors (Lipinski definition) is 5. The maximum Gasteiger partial charge on any atom is 0.231 e. The number of nitrogens with two attached hydrogens (primary N) is 1. The van der Waals surface area contributed by atoms with Crippen LogP contribution in [0.5, 0.6) is 11.5 Å². The number of amidine groups is 1. The molecule has 4 aliphatic rings. The molecule has 0 unspecified atom stereocenters. The molecule has 7 heteroatoms. The maximum absolute atomic E-state index is 14.4. The first kappa shape index (κ1) is 23.3. The summed E-state index contributed by atoms with van der Waals surface area (Å²) >= 11 is 0. The molecule has 3 fully saturated rings. The Morgan fingerprint density at radius 1 is 0.974 bits per heavy atom. The first-order valence-corrected chi connectivity index (χ1v) is 13.5. The summed E-state index contributed by atoms with van der Waals surface area (Å²) in [5, 5.41) is 7.79. The predicted molar refractivity (Wildman–Crippen MR) is 144 cm³/mol. The molecular weight excluding hydrogens is 476 g/mol. The Morgan fingerprint density at radius 2 is 1.76 bits per heavy atom. The average molecular weight is 509 g/mol. The van der Waals surface area contributed by atoms with E-state index in [1.807, 2.05) is 36.4 Å². The van der Waals surface area contributed by atoms with Crippen LogP contribution in [0.15, 0.2) is 72.8 Å². The summed E-state index contributed by atoms with van der Waals surface area (Å²) in [5.41, 5.74) is 9.91. The van der Waals surface area contributed by atoms with E-state index in [2.05, 4.69) is 46.2 Å². The van der Waals surface area contributed by atoms with Gasteiger partial charge in [0.15, 0.2) is 11.5 Å². The van der Waals surface area contributed by atoms with Gasteiger partial charge in [0, 0.05) is 36.2 Å². The van der Waals surface area contributed by atoms with Gasteiger partial charge < -0.3 is 20.1 Å². The van der Waals surface area contributed by atoms with E-state index in [0.29, 0.717) is 18.2 Å². The Morgan fingerprint density at radius 3 is 2.55 bits per heavy atom. The van der Waals surface area contributed by atoms with E-state index in [-0.39, 0.29) is 42.5 Å². The average Bonchev–Trinajstić information content (AvgIpc) is 3.70. The van der Waals surface area contributed by atoms with Crippen molar-refractivity contribution in [2.45, 2.75) is 43.9 Å². The van der Waals surface area contributed by atoms with Gasteiger partial charge >= 0.3 is 0 Å². The minimum atomic E-state index is -0.0915. The van der Waals surface area contributed by atoms with Crippen molar-refractivity contribution < 1.29 is 14.3 Å². The van der Waals surface area contributed by atoms with Gasteiger partial charge in [-0.25, -0.2) is 0 Å². The van der Waals surface area contributed by atoms with Crippen molar-refractivity contribution in [2.24, 2.45) is 17.6 Å². The largest absolute Gasteiger partial charge is 0.454 e. The van der Waals surface area contributed by atoms with E-state index >= 15 is 0 Å². The molecule has 3 N–H and O–H groups in total. The number of carbonyl (C=O) groups excluding carboxylic acids is 1. The molecule has 5 atom stereocenters. The molecule has 7 rings (SSSR count). The first-order valence-electron chi connectivity index (χ1n) is 13.5. The van der Waals surface area contributed by atoms with Crippen molar-refractivity contribution in [1.29, 1.82) is 5.41 Å². The summed E-state index contributed by atoms with van der Waals surface area (Å²) in [6, 6.07) is 25.1. The normalized spacial score (nSPS) is 27.5. The van der Waals surface area contributed by atoms with Crippen molar-refractivity contribution in [1.82, 2.24) is 9.80 Å². The maximum atomic E-state index is 14.4. The lowest BCUT2D eigenvalue weighted by Gasteiger charge is -2.34. The number of amides is 1. The van der Waals surface area contributed by atoms with Gasteiger partial charge in [0.25, 0.3) is 0 Å². The highest BCUT2D eigenvalue weighted by atomic mass is 16.7. The fraction of sp³-hybridized carbons (Fsp3) is 0.355. The third kappa shape index (κ3) is 3.76. The predicted octanol–water partition coefficient (Wildman–Crippen LogP) is 4.10. The van der Waals surface area contributed by atoms with Crippen molar-refractivity contribution >= 4 is 11.7 Å². The number of rotatable bonds is 6. The van der Waals surface area contributed by atoms with Crippen LogP contribution in [0.25, 0.3) is 0 Å². The highest BCUT2D eigenvalue weighted by molar-refractivity contribution is 5.95. The topological polar surface area (TPSA) is 91.9 Å². The summed E-state index contributed by atoms with van der Waals surface area (Å²) in [7, 11) is 0. The Balaban J connectivity index is 1.27. The van der Waals surface area contributed by atoms with Crippen LogP contribution in [0.3, 0.4) is 0 Å². The number of fused-ring (bicyclic) bond motifs is 4. The fourth-order valence-electron chi connectivity index (χ4n) is 7.38. The molecular formula is C31H32N4O3. The van der Waals surface area contributed by atoms with Gasteiger partial charge in [-0.3, -0.25) is 15.1 Å². The van der Waals surface area contributed by atoms with E-state index in [1.165, 1.54) is 5.56 Å². The molecule has 0 bridgehead atoms. The zero-order valence-electron chi connectivity index (χ0n) is 21.3. The third-order valence-electron chi connectivity index (χ3n) is 8.95. The lowest BCUT2D eigenvalue weighted by atomic mass is 9.80. The highest BCUT2D eigenvalue weighted by Crippen LogP contribution is 2.55. The molecule has 4 aliphatic heterocycles. The smallest absolute Gasteiger partial charge is 0.231 e. The van der Waals surface area contributed by atoms with Crippen molar-refractivity contribution in [3.8, 4) is 11.5 Å². The molecule has 0 aliphatic carbocycles. The number of nitrogens with one attached hydrogen (secondary N) is 1. The van der Waals surface area contributed by atoms with Crippen LogP contribution in [0, 0.1) is 17.2 Å². The van der Waals surface area contributed by atoms with E-state index in [1.54, 1.807) is 0 Å². The van der Waals surface area contributed by atoms with E-state index in [0.717, 1.165) is 48.4 Å². The fourth-order valence-corrected chi connectivity index (χ4v) is 7.38. The molecule has 3 aromatic carbocycles. The molecule has 7 nitrogen and oxygen atoms in total. The molecule has 38 heavy (non-hydrogen) atoms. The van der Waals surface area contributed by atoms with Crippen LogP contribution < -0.4 is 15.2 Å². The van der Waals surface area contributed by atoms with Gasteiger partial charge in [-0.2, -0.15) is 0 Å². The van der Waals surface area contributed by atoms with Crippen molar-refractivity contribution in [3.05, 3.63) is 95.1 Å². The minimum absolute atomic E-state index is 0.0426. The Kier molecular flexibility index (Phi) is 5.62. The molecule has 1 amide bonds. The molecule has 4 heterocycles. The summed E-state index contributed by atoms with van der Waals surface area (Å²) in [5.74, 6) is 1.98. The number of ether oxygens (including phenoxy) is 2. The summed E-state index contributed by atoms with van der Waals surface area (Å²) < 4.78 is 11.1. The Bertz CT molecular complexity index is 1380. The third-order valence-corrected chi connectivity index (χ3v) is 8.95. The second-order valence-corrected chi connectivity index (χ2v) is 10.9. The standard InChI is InChI=1S/C31H32N4O3/c32-30(33)22-11-9-21(10-12-22)29-28-27(23-7-4-14-34(23)29)24(15-19-5-2-1-3-6-19)35(31(28)36)17-20-8-13-25-26(16-20)38-18-37-25/h1-3,5-6,8-13,16,23-24,27-29H,4,7,14-15,17-18H2,(H3,32,33)/t23-,24-,27+,28-,29-/m0/s1. The van der Waals surface area contributed by atoms with Crippen LogP contribution in [0.4, 0.5) is 0 Å². The van der Waals surface area contributed by atoms with Crippen LogP contribution in [0.1, 0.15) is 41.1 Å². The van der Waals surface area contributed by atoms with E-state index in [4.69, 9.17) is 20.6 Å². The lowest BCUT2D eigenvalue weighted by molar-refractivity contribution is -0.134. The number of nitrogens with zero attached hydrogens (tertiary/aromatic N) is 2. The van der Waals surface area contributed by atoms with E-state index in [9.17, 15) is 4.79 Å². The number of likely N-dealkylation sites (tertiary alicyclic amines) is 1. The monoisotopic (exact) mass is 508 g/mol. The first-order chi connectivity index (χ1) is 18.6. The number of nitrogen functional groups attached to an aromatic ring is 1. The summed E-state index contributed by atoms with van der Waals surface area (Å²) in [4.78, 5) is 19.1.